The van der Waals surface area contributed by atoms with E-state index in [9.17, 15) is 4.79 Å². The molecule has 0 unspecified atom stereocenters. The third kappa shape index (κ3) is 3.35. The van der Waals surface area contributed by atoms with Crippen LogP contribution in [-0.4, -0.2) is 58.3 Å². The highest BCUT2D eigenvalue weighted by Gasteiger charge is 2.43. The molecule has 10 nitrogen and oxygen atoms in total. The standard InChI is InChI=1S/C24H31N9O/c1-4-31-18(24(34)33(15-5-6-15)16-7-8-16)12-17-21-20(26-13-30(21)3)22(28-23(17)31)27-19-11-14(2)32(29-19)10-9-25/h11-13,15-16H,4-10,25H2,1-3H3,(H,27,28,29). The van der Waals surface area contributed by atoms with Crippen LogP contribution in [0.25, 0.3) is 22.1 Å². The Bertz CT molecular complexity index is 1390. The number of amides is 1. The van der Waals surface area contributed by atoms with Crippen LogP contribution in [0.4, 0.5) is 11.6 Å². The number of aryl methyl sites for hydroxylation is 3. The van der Waals surface area contributed by atoms with Crippen molar-refractivity contribution in [3.8, 4) is 0 Å². The Morgan fingerprint density at radius 2 is 1.97 bits per heavy atom. The van der Waals surface area contributed by atoms with Gasteiger partial charge >= 0.3 is 0 Å². The molecule has 0 radical (unpaired) electrons. The summed E-state index contributed by atoms with van der Waals surface area (Å²) >= 11 is 0. The van der Waals surface area contributed by atoms with Crippen molar-refractivity contribution >= 4 is 39.6 Å². The first-order valence-electron chi connectivity index (χ1n) is 12.2. The molecule has 0 spiro atoms. The minimum absolute atomic E-state index is 0.130. The summed E-state index contributed by atoms with van der Waals surface area (Å²) in [7, 11) is 1.98. The van der Waals surface area contributed by atoms with Crippen LogP contribution in [-0.2, 0) is 20.1 Å². The molecule has 0 bridgehead atoms. The Morgan fingerprint density at radius 3 is 2.62 bits per heavy atom. The maximum Gasteiger partial charge on any atom is 0.271 e. The molecule has 178 valence electrons. The molecule has 2 aliphatic carbocycles. The number of rotatable bonds is 8. The van der Waals surface area contributed by atoms with Crippen molar-refractivity contribution in [2.75, 3.05) is 11.9 Å². The molecule has 10 heteroatoms. The molecule has 0 aliphatic heterocycles. The maximum absolute atomic E-state index is 13.7. The Hall–Kier alpha value is -3.40. The van der Waals surface area contributed by atoms with Crippen LogP contribution in [0.15, 0.2) is 18.5 Å². The van der Waals surface area contributed by atoms with Crippen LogP contribution >= 0.6 is 0 Å². The largest absolute Gasteiger partial charge is 0.333 e. The molecule has 0 aromatic carbocycles. The molecule has 34 heavy (non-hydrogen) atoms. The minimum Gasteiger partial charge on any atom is -0.333 e. The van der Waals surface area contributed by atoms with Gasteiger partial charge in [0.05, 0.1) is 18.4 Å². The fraction of sp³-hybridized carbons (Fsp3) is 0.500. The fourth-order valence-corrected chi connectivity index (χ4v) is 5.01. The zero-order chi connectivity index (χ0) is 23.6. The predicted octanol–water partition coefficient (Wildman–Crippen LogP) is 2.92. The van der Waals surface area contributed by atoms with Gasteiger partial charge in [-0.2, -0.15) is 5.10 Å². The zero-order valence-electron chi connectivity index (χ0n) is 20.0. The molecule has 4 aromatic rings. The van der Waals surface area contributed by atoms with Gasteiger partial charge in [0.15, 0.2) is 11.6 Å². The first-order chi connectivity index (χ1) is 16.5. The number of nitrogens with two attached hydrogens (primary N) is 1. The van der Waals surface area contributed by atoms with Crippen molar-refractivity contribution in [3.63, 3.8) is 0 Å². The molecule has 0 saturated heterocycles. The van der Waals surface area contributed by atoms with Gasteiger partial charge in [-0.25, -0.2) is 9.97 Å². The molecule has 4 heterocycles. The summed E-state index contributed by atoms with van der Waals surface area (Å²) in [6.45, 7) is 5.91. The summed E-state index contributed by atoms with van der Waals surface area (Å²) in [5.74, 6) is 1.46. The summed E-state index contributed by atoms with van der Waals surface area (Å²) in [5, 5.41) is 8.94. The van der Waals surface area contributed by atoms with Gasteiger partial charge in [0.2, 0.25) is 0 Å². The second-order valence-electron chi connectivity index (χ2n) is 9.51. The molecular weight excluding hydrogens is 430 g/mol. The zero-order valence-corrected chi connectivity index (χ0v) is 20.0. The van der Waals surface area contributed by atoms with E-state index < -0.39 is 0 Å². The van der Waals surface area contributed by atoms with Crippen LogP contribution in [0.2, 0.25) is 0 Å². The van der Waals surface area contributed by atoms with Gasteiger partial charge in [-0.3, -0.25) is 9.48 Å². The maximum atomic E-state index is 13.7. The van der Waals surface area contributed by atoms with E-state index >= 15 is 0 Å². The molecule has 2 aliphatic rings. The number of nitrogens with zero attached hydrogens (tertiary/aromatic N) is 7. The van der Waals surface area contributed by atoms with Crippen molar-refractivity contribution in [3.05, 3.63) is 29.8 Å². The van der Waals surface area contributed by atoms with Gasteiger partial charge in [0.1, 0.15) is 16.9 Å². The minimum atomic E-state index is 0.130. The van der Waals surface area contributed by atoms with E-state index in [1.165, 1.54) is 0 Å². The number of anilines is 2. The number of carbonyl (C=O) groups excluding carboxylic acids is 1. The Morgan fingerprint density at radius 1 is 1.24 bits per heavy atom. The van der Waals surface area contributed by atoms with E-state index in [-0.39, 0.29) is 5.91 Å². The fourth-order valence-electron chi connectivity index (χ4n) is 5.01. The highest BCUT2D eigenvalue weighted by atomic mass is 16.2. The Kier molecular flexibility index (Phi) is 4.87. The first kappa shape index (κ1) is 21.2. The third-order valence-electron chi connectivity index (χ3n) is 6.92. The monoisotopic (exact) mass is 461 g/mol. The van der Waals surface area contributed by atoms with Crippen LogP contribution in [0, 0.1) is 6.92 Å². The SMILES string of the molecule is CCn1c(C(=O)N(C2CC2)C2CC2)cc2c3c(ncn3C)c(Nc3cc(C)n(CCN)n3)nc21. The lowest BCUT2D eigenvalue weighted by atomic mass is 10.2. The first-order valence-corrected chi connectivity index (χ1v) is 12.2. The molecule has 3 N–H and O–H groups in total. The number of carbonyl (C=O) groups is 1. The average Bonchev–Trinajstić information content (AvgIpc) is 3.73. The summed E-state index contributed by atoms with van der Waals surface area (Å²) in [4.78, 5) is 25.5. The summed E-state index contributed by atoms with van der Waals surface area (Å²) in [6.07, 6.45) is 6.25. The number of imidazole rings is 1. The van der Waals surface area contributed by atoms with E-state index in [1.807, 2.05) is 39.9 Å². The van der Waals surface area contributed by atoms with Gasteiger partial charge in [0, 0.05) is 49.4 Å². The van der Waals surface area contributed by atoms with E-state index in [4.69, 9.17) is 10.7 Å². The number of aromatic nitrogens is 6. The van der Waals surface area contributed by atoms with E-state index in [0.717, 1.165) is 53.4 Å². The topological polar surface area (TPSA) is 112 Å². The lowest BCUT2D eigenvalue weighted by Crippen LogP contribution is -2.36. The van der Waals surface area contributed by atoms with Crippen molar-refractivity contribution in [2.45, 2.75) is 64.7 Å². The Balaban J connectivity index is 1.48. The summed E-state index contributed by atoms with van der Waals surface area (Å²) in [6, 6.07) is 4.79. The van der Waals surface area contributed by atoms with E-state index in [0.29, 0.717) is 49.0 Å². The number of hydrogen-bond donors (Lipinski definition) is 2. The van der Waals surface area contributed by atoms with Crippen LogP contribution in [0.1, 0.15) is 48.8 Å². The Labute approximate surface area is 197 Å². The quantitative estimate of drug-likeness (QED) is 0.417. The van der Waals surface area contributed by atoms with Gasteiger partial charge in [0.25, 0.3) is 5.91 Å². The van der Waals surface area contributed by atoms with Crippen LogP contribution < -0.4 is 11.1 Å². The molecular formula is C24H31N9O. The normalized spacial score (nSPS) is 16.0. The third-order valence-corrected chi connectivity index (χ3v) is 6.92. The average molecular weight is 462 g/mol. The van der Waals surface area contributed by atoms with Gasteiger partial charge in [-0.1, -0.05) is 0 Å². The van der Waals surface area contributed by atoms with Gasteiger partial charge in [-0.05, 0) is 45.6 Å². The van der Waals surface area contributed by atoms with Gasteiger partial charge < -0.3 is 25.1 Å². The second-order valence-corrected chi connectivity index (χ2v) is 9.51. The van der Waals surface area contributed by atoms with Crippen molar-refractivity contribution < 1.29 is 4.79 Å². The van der Waals surface area contributed by atoms with Crippen molar-refractivity contribution in [1.29, 1.82) is 0 Å². The number of fused-ring (bicyclic) bond motifs is 3. The lowest BCUT2D eigenvalue weighted by Gasteiger charge is -2.22. The molecule has 4 aromatic heterocycles. The lowest BCUT2D eigenvalue weighted by molar-refractivity contribution is 0.0719. The molecule has 0 atom stereocenters. The van der Waals surface area contributed by atoms with Crippen LogP contribution in [0.3, 0.4) is 0 Å². The molecule has 1 amide bonds. The van der Waals surface area contributed by atoms with E-state index in [1.54, 1.807) is 6.33 Å². The van der Waals surface area contributed by atoms with Crippen LogP contribution in [0.5, 0.6) is 0 Å². The van der Waals surface area contributed by atoms with E-state index in [2.05, 4.69) is 27.2 Å². The number of hydrogen-bond acceptors (Lipinski definition) is 6. The summed E-state index contributed by atoms with van der Waals surface area (Å²) in [5.41, 5.74) is 9.95. The number of pyridine rings is 1. The number of nitrogens with one attached hydrogen (secondary N) is 1. The van der Waals surface area contributed by atoms with Gasteiger partial charge in [-0.15, -0.1) is 0 Å². The molecule has 2 saturated carbocycles. The second kappa shape index (κ2) is 7.83. The van der Waals surface area contributed by atoms with Crippen molar-refractivity contribution in [1.82, 2.24) is 33.8 Å². The predicted molar refractivity (Wildman–Crippen MR) is 131 cm³/mol. The van der Waals surface area contributed by atoms with Crippen molar-refractivity contribution in [2.24, 2.45) is 12.8 Å². The smallest absolute Gasteiger partial charge is 0.271 e. The molecule has 6 rings (SSSR count). The summed E-state index contributed by atoms with van der Waals surface area (Å²) < 4.78 is 5.92. The highest BCUT2D eigenvalue weighted by Crippen LogP contribution is 2.39. The molecule has 2 fully saturated rings. The highest BCUT2D eigenvalue weighted by molar-refractivity contribution is 6.10.